The maximum Gasteiger partial charge on any atom is 0.281 e. The smallest absolute Gasteiger partial charge is 0.281 e. The zero-order chi connectivity index (χ0) is 17.7. The van der Waals surface area contributed by atoms with Gasteiger partial charge in [-0.1, -0.05) is 23.7 Å². The van der Waals surface area contributed by atoms with Crippen LogP contribution in [0.4, 0.5) is 5.00 Å². The van der Waals surface area contributed by atoms with E-state index in [0.717, 1.165) is 16.9 Å². The molecule has 8 heteroatoms. The van der Waals surface area contributed by atoms with Crippen LogP contribution in [-0.4, -0.2) is 18.0 Å². The highest BCUT2D eigenvalue weighted by Gasteiger charge is 2.20. The lowest BCUT2D eigenvalue weighted by Gasteiger charge is -1.98. The van der Waals surface area contributed by atoms with E-state index in [9.17, 15) is 14.9 Å². The van der Waals surface area contributed by atoms with Crippen LogP contribution in [0.25, 0.3) is 0 Å². The minimum atomic E-state index is -0.448. The summed E-state index contributed by atoms with van der Waals surface area (Å²) in [6, 6.07) is 8.95. The Balaban J connectivity index is 2.15. The molecule has 0 fully saturated rings. The largest absolute Gasteiger partial charge is 0.317 e. The van der Waals surface area contributed by atoms with E-state index >= 15 is 0 Å². The summed E-state index contributed by atoms with van der Waals surface area (Å²) < 4.78 is 0. The average Bonchev–Trinajstić information content (AvgIpc) is 2.84. The number of rotatable bonds is 4. The number of anilines is 1. The molecule has 1 aromatic carbocycles. The van der Waals surface area contributed by atoms with Crippen LogP contribution >= 0.6 is 22.9 Å². The second kappa shape index (κ2) is 7.73. The van der Waals surface area contributed by atoms with Crippen molar-refractivity contribution in [1.82, 2.24) is 5.43 Å². The Bertz CT molecular complexity index is 850. The van der Waals surface area contributed by atoms with Crippen LogP contribution in [0.1, 0.15) is 33.3 Å². The minimum absolute atomic E-state index is 0.280. The molecule has 0 aliphatic rings. The van der Waals surface area contributed by atoms with Crippen molar-refractivity contribution < 1.29 is 9.59 Å². The number of nitrogens with one attached hydrogen (secondary N) is 2. The Morgan fingerprint density at radius 3 is 2.58 bits per heavy atom. The average molecular weight is 361 g/mol. The Labute approximate surface area is 147 Å². The molecule has 0 radical (unpaired) electrons. The van der Waals surface area contributed by atoms with Gasteiger partial charge in [-0.05, 0) is 30.2 Å². The Hall–Kier alpha value is -2.69. The van der Waals surface area contributed by atoms with Crippen molar-refractivity contribution in [3.63, 3.8) is 0 Å². The third kappa shape index (κ3) is 4.19. The van der Waals surface area contributed by atoms with Gasteiger partial charge < -0.3 is 5.32 Å². The molecule has 6 nitrogen and oxygen atoms in total. The van der Waals surface area contributed by atoms with Crippen LogP contribution in [0, 0.1) is 18.3 Å². The molecule has 0 saturated heterocycles. The van der Waals surface area contributed by atoms with Gasteiger partial charge in [0.2, 0.25) is 5.91 Å². The van der Waals surface area contributed by atoms with E-state index in [0.29, 0.717) is 20.5 Å². The second-order valence-corrected chi connectivity index (χ2v) is 6.26. The number of halogens is 1. The third-order valence-corrected chi connectivity index (χ3v) is 4.46. The molecule has 2 amide bonds. The first-order valence-corrected chi connectivity index (χ1v) is 8.02. The van der Waals surface area contributed by atoms with Gasteiger partial charge in [0.15, 0.2) is 0 Å². The molecule has 24 heavy (non-hydrogen) atoms. The highest BCUT2D eigenvalue weighted by Crippen LogP contribution is 2.32. The van der Waals surface area contributed by atoms with Gasteiger partial charge >= 0.3 is 0 Å². The fourth-order valence-corrected chi connectivity index (χ4v) is 3.10. The second-order valence-electron chi connectivity index (χ2n) is 4.80. The van der Waals surface area contributed by atoms with Gasteiger partial charge in [-0.15, -0.1) is 11.3 Å². The van der Waals surface area contributed by atoms with E-state index in [1.165, 1.54) is 13.1 Å². The molecule has 2 N–H and O–H groups in total. The lowest BCUT2D eigenvalue weighted by molar-refractivity contribution is -0.114. The maximum absolute atomic E-state index is 12.2. The molecule has 122 valence electrons. The summed E-state index contributed by atoms with van der Waals surface area (Å²) in [6.45, 7) is 2.99. The van der Waals surface area contributed by atoms with Crippen molar-refractivity contribution in [1.29, 1.82) is 5.26 Å². The van der Waals surface area contributed by atoms with Crippen molar-refractivity contribution in [2.75, 3.05) is 5.32 Å². The lowest BCUT2D eigenvalue weighted by Crippen LogP contribution is -2.17. The van der Waals surface area contributed by atoms with E-state index in [4.69, 9.17) is 11.6 Å². The number of hydrogen-bond acceptors (Lipinski definition) is 5. The third-order valence-electron chi connectivity index (χ3n) is 3.00. The fourth-order valence-electron chi connectivity index (χ4n) is 1.88. The van der Waals surface area contributed by atoms with E-state index in [2.05, 4.69) is 15.8 Å². The quantitative estimate of drug-likeness (QED) is 0.646. The molecule has 0 atom stereocenters. The molecule has 1 heterocycles. The van der Waals surface area contributed by atoms with Crippen LogP contribution in [0.15, 0.2) is 29.4 Å². The predicted octanol–water partition coefficient (Wildman–Crippen LogP) is 3.30. The van der Waals surface area contributed by atoms with Crippen molar-refractivity contribution in [3.05, 3.63) is 50.9 Å². The number of benzene rings is 1. The normalized spacial score (nSPS) is 10.4. The Morgan fingerprint density at radius 2 is 2.00 bits per heavy atom. The summed E-state index contributed by atoms with van der Waals surface area (Å²) in [5.41, 5.74) is 3.97. The van der Waals surface area contributed by atoms with E-state index < -0.39 is 5.91 Å². The van der Waals surface area contributed by atoms with Gasteiger partial charge in [0, 0.05) is 11.9 Å². The Kier molecular flexibility index (Phi) is 5.68. The summed E-state index contributed by atoms with van der Waals surface area (Å²) in [5, 5.41) is 16.6. The summed E-state index contributed by atoms with van der Waals surface area (Å²) in [6.07, 6.45) is 1.48. The number of carbonyl (C=O) groups excluding carboxylic acids is 2. The molecular weight excluding hydrogens is 348 g/mol. The number of nitrogens with zero attached hydrogens (tertiary/aromatic N) is 2. The number of hydrazone groups is 1. The van der Waals surface area contributed by atoms with Crippen LogP contribution in [0.3, 0.4) is 0 Å². The van der Waals surface area contributed by atoms with E-state index in [1.54, 1.807) is 31.2 Å². The van der Waals surface area contributed by atoms with Gasteiger partial charge in [-0.3, -0.25) is 9.59 Å². The number of amides is 2. The molecule has 2 aromatic rings. The first-order valence-electron chi connectivity index (χ1n) is 6.82. The number of nitriles is 1. The van der Waals surface area contributed by atoms with Crippen molar-refractivity contribution in [2.45, 2.75) is 13.8 Å². The van der Waals surface area contributed by atoms with Gasteiger partial charge in [0.25, 0.3) is 5.91 Å². The molecule has 0 spiro atoms. The topological polar surface area (TPSA) is 94.3 Å². The first kappa shape index (κ1) is 17.7. The number of carbonyl (C=O) groups is 2. The summed E-state index contributed by atoms with van der Waals surface area (Å²) in [4.78, 5) is 23.7. The number of thiophene rings is 1. The van der Waals surface area contributed by atoms with Gasteiger partial charge in [-0.2, -0.15) is 10.4 Å². The maximum atomic E-state index is 12.2. The van der Waals surface area contributed by atoms with Crippen LogP contribution in [0.5, 0.6) is 0 Å². The monoisotopic (exact) mass is 360 g/mol. The molecule has 0 aliphatic carbocycles. The highest BCUT2D eigenvalue weighted by molar-refractivity contribution is 7.18. The molecule has 0 saturated carbocycles. The van der Waals surface area contributed by atoms with Gasteiger partial charge in [0.05, 0.1) is 11.8 Å². The molecule has 2 rings (SSSR count). The summed E-state index contributed by atoms with van der Waals surface area (Å²) >= 11 is 6.83. The van der Waals surface area contributed by atoms with Crippen LogP contribution in [-0.2, 0) is 4.79 Å². The summed E-state index contributed by atoms with van der Waals surface area (Å²) in [7, 11) is 0. The van der Waals surface area contributed by atoms with E-state index in [-0.39, 0.29) is 11.5 Å². The minimum Gasteiger partial charge on any atom is -0.317 e. The van der Waals surface area contributed by atoms with Crippen molar-refractivity contribution in [2.24, 2.45) is 5.10 Å². The van der Waals surface area contributed by atoms with Crippen LogP contribution in [0.2, 0.25) is 5.02 Å². The highest BCUT2D eigenvalue weighted by atomic mass is 35.5. The Morgan fingerprint density at radius 1 is 1.33 bits per heavy atom. The van der Waals surface area contributed by atoms with Gasteiger partial charge in [-0.25, -0.2) is 5.43 Å². The van der Waals surface area contributed by atoms with Gasteiger partial charge in [0.1, 0.15) is 15.9 Å². The van der Waals surface area contributed by atoms with Crippen LogP contribution < -0.4 is 10.7 Å². The lowest BCUT2D eigenvalue weighted by atomic mass is 10.1. The predicted molar refractivity (Wildman–Crippen MR) is 94.6 cm³/mol. The summed E-state index contributed by atoms with van der Waals surface area (Å²) in [5.74, 6) is -0.753. The fraction of sp³-hybridized carbons (Fsp3) is 0.125. The zero-order valence-electron chi connectivity index (χ0n) is 12.9. The molecule has 0 bridgehead atoms. The SMILES string of the molecule is CC(=O)Nc1sc(C(=O)NN=Cc2ccc(Cl)cc2)c(C)c1C#N. The molecule has 0 unspecified atom stereocenters. The van der Waals surface area contributed by atoms with E-state index in [1.807, 2.05) is 6.07 Å². The van der Waals surface area contributed by atoms with Crippen molar-refractivity contribution in [3.8, 4) is 6.07 Å². The van der Waals surface area contributed by atoms with Crippen molar-refractivity contribution >= 4 is 46.0 Å². The zero-order valence-corrected chi connectivity index (χ0v) is 14.5. The molecular formula is C16H13ClN4O2S. The standard InChI is InChI=1S/C16H13ClN4O2S/c1-9-13(7-18)16(20-10(2)22)24-14(9)15(23)21-19-8-11-3-5-12(17)6-4-11/h3-6,8H,1-2H3,(H,20,22)(H,21,23). The molecule has 1 aromatic heterocycles. The number of hydrogen-bond donors (Lipinski definition) is 2. The molecule has 0 aliphatic heterocycles. The first-order chi connectivity index (χ1) is 11.4.